The van der Waals surface area contributed by atoms with Crippen LogP contribution in [0.3, 0.4) is 0 Å². The number of anilines is 1. The zero-order valence-corrected chi connectivity index (χ0v) is 27.0. The van der Waals surface area contributed by atoms with Gasteiger partial charge in [-0.2, -0.15) is 4.68 Å². The van der Waals surface area contributed by atoms with Gasteiger partial charge in [-0.05, 0) is 78.9 Å². The van der Waals surface area contributed by atoms with E-state index in [2.05, 4.69) is 37.6 Å². The van der Waals surface area contributed by atoms with Gasteiger partial charge in [-0.1, -0.05) is 52.9 Å². The average Bonchev–Trinajstić information content (AvgIpc) is 3.71. The lowest BCUT2D eigenvalue weighted by Crippen LogP contribution is -2.42. The van der Waals surface area contributed by atoms with Crippen molar-refractivity contribution in [3.05, 3.63) is 57.6 Å². The van der Waals surface area contributed by atoms with E-state index in [4.69, 9.17) is 27.9 Å². The number of hydrogen-bond donors (Lipinski definition) is 1. The first kappa shape index (κ1) is 31.8. The Labute approximate surface area is 265 Å². The first-order valence-electron chi connectivity index (χ1n) is 13.9. The summed E-state index contributed by atoms with van der Waals surface area (Å²) in [6, 6.07) is 11.1. The number of nitrogens with one attached hydrogen (secondary N) is 1. The molecular weight excluding hydrogens is 631 g/mol. The number of rotatable bonds is 10. The number of amides is 1. The molecule has 1 saturated carbocycles. The molecule has 14 heteroatoms. The number of ether oxygens (including phenoxy) is 1. The van der Waals surface area contributed by atoms with Crippen LogP contribution in [0.5, 0.6) is 0 Å². The maximum Gasteiger partial charge on any atom is 0.234 e. The van der Waals surface area contributed by atoms with Gasteiger partial charge >= 0.3 is 0 Å². The van der Waals surface area contributed by atoms with Crippen molar-refractivity contribution in [3.8, 4) is 17.5 Å². The summed E-state index contributed by atoms with van der Waals surface area (Å²) in [5.41, 5.74) is 2.31. The lowest BCUT2D eigenvalue weighted by molar-refractivity contribution is -0.113. The lowest BCUT2D eigenvalue weighted by atomic mass is 10.1. The third kappa shape index (κ3) is 8.94. The number of nitrogens with zero attached hydrogens (tertiary/aromatic N) is 5. The molecule has 2 heterocycles. The molecule has 0 bridgehead atoms. The number of halogens is 2. The predicted octanol–water partition coefficient (Wildman–Crippen LogP) is 4.45. The molecule has 5 rings (SSSR count). The van der Waals surface area contributed by atoms with Crippen molar-refractivity contribution in [1.82, 2.24) is 25.1 Å². The van der Waals surface area contributed by atoms with Crippen LogP contribution in [0.4, 0.5) is 5.69 Å². The number of carbonyl (C=O) groups excluding carboxylic acids is 1. The van der Waals surface area contributed by atoms with Crippen LogP contribution in [0.25, 0.3) is 5.69 Å². The third-order valence-electron chi connectivity index (χ3n) is 7.08. The largest absolute Gasteiger partial charge is 0.362 e. The van der Waals surface area contributed by atoms with E-state index in [0.717, 1.165) is 0 Å². The monoisotopic (exact) mass is 662 g/mol. The Hall–Kier alpha value is -2.66. The van der Waals surface area contributed by atoms with Crippen LogP contribution in [0.2, 0.25) is 10.0 Å². The van der Waals surface area contributed by atoms with Gasteiger partial charge in [-0.3, -0.25) is 9.69 Å². The van der Waals surface area contributed by atoms with E-state index in [1.165, 1.54) is 34.8 Å². The van der Waals surface area contributed by atoms with Gasteiger partial charge in [0, 0.05) is 25.2 Å². The summed E-state index contributed by atoms with van der Waals surface area (Å²) in [4.78, 5) is 14.8. The van der Waals surface area contributed by atoms with E-state index in [1.54, 1.807) is 18.2 Å². The van der Waals surface area contributed by atoms with Crippen LogP contribution in [-0.4, -0.2) is 88.5 Å². The maximum absolute atomic E-state index is 12.7. The average molecular weight is 664 g/mol. The normalized spacial score (nSPS) is 16.8. The smallest absolute Gasteiger partial charge is 0.234 e. The highest BCUT2D eigenvalue weighted by Crippen LogP contribution is 2.41. The summed E-state index contributed by atoms with van der Waals surface area (Å²) in [7, 11) is -2.90. The van der Waals surface area contributed by atoms with Crippen molar-refractivity contribution < 1.29 is 17.9 Å². The molecule has 0 unspecified atom stereocenters. The minimum atomic E-state index is -2.90. The van der Waals surface area contributed by atoms with Crippen molar-refractivity contribution in [1.29, 1.82) is 0 Å². The fourth-order valence-corrected chi connectivity index (χ4v) is 6.92. The van der Waals surface area contributed by atoms with Crippen LogP contribution in [0.15, 0.2) is 41.6 Å². The maximum atomic E-state index is 12.7. The molecule has 3 aromatic rings. The highest BCUT2D eigenvalue weighted by Gasteiger charge is 2.25. The summed E-state index contributed by atoms with van der Waals surface area (Å²) < 4.78 is 30.7. The van der Waals surface area contributed by atoms with Gasteiger partial charge in [0.1, 0.15) is 5.60 Å². The highest BCUT2D eigenvalue weighted by atomic mass is 35.5. The zero-order valence-electron chi connectivity index (χ0n) is 23.8. The number of hydrogen-bond acceptors (Lipinski definition) is 9. The summed E-state index contributed by atoms with van der Waals surface area (Å²) in [6.07, 6.45) is 2.37. The Balaban J connectivity index is 1.11. The fraction of sp³-hybridized carbons (Fsp3) is 0.448. The Bertz CT molecular complexity index is 1650. The molecule has 1 aliphatic heterocycles. The number of tetrazole rings is 1. The zero-order chi connectivity index (χ0) is 30.6. The van der Waals surface area contributed by atoms with E-state index >= 15 is 0 Å². The minimum Gasteiger partial charge on any atom is -0.362 e. The number of sulfone groups is 1. The number of benzene rings is 2. The van der Waals surface area contributed by atoms with Gasteiger partial charge in [0.15, 0.2) is 9.84 Å². The van der Waals surface area contributed by atoms with E-state index in [-0.39, 0.29) is 23.2 Å². The first-order valence-corrected chi connectivity index (χ1v) is 17.4. The van der Waals surface area contributed by atoms with Crippen LogP contribution >= 0.6 is 35.0 Å². The molecule has 2 aliphatic rings. The van der Waals surface area contributed by atoms with Crippen LogP contribution in [0.1, 0.15) is 43.7 Å². The molecule has 1 aromatic heterocycles. The number of carbonyl (C=O) groups is 1. The standard InChI is InChI=1S/C29H32Cl2N6O4S2/c1-29(2,41-14-11-36-12-15-43(39,40)16-13-36)10-9-20-3-7-25(23(30)17-20)32-27(38)19-42-28-33-34-35-37(28)26-8-6-22(18-24(26)31)21-4-5-21/h3,6-8,17-18,21H,4-5,11-16,19H2,1-2H3,(H,32,38). The summed E-state index contributed by atoms with van der Waals surface area (Å²) in [6.45, 7) is 5.90. The molecule has 10 nitrogen and oxygen atoms in total. The molecule has 2 fully saturated rings. The highest BCUT2D eigenvalue weighted by molar-refractivity contribution is 7.99. The molecule has 0 radical (unpaired) electrons. The second-order valence-electron chi connectivity index (χ2n) is 11.0. The minimum absolute atomic E-state index is 0.0643. The quantitative estimate of drug-likeness (QED) is 0.248. The van der Waals surface area contributed by atoms with Crippen molar-refractivity contribution >= 4 is 56.4 Å². The van der Waals surface area contributed by atoms with E-state index in [0.29, 0.717) is 64.3 Å². The second kappa shape index (κ2) is 13.5. The van der Waals surface area contributed by atoms with Gasteiger partial charge in [0.05, 0.1) is 45.3 Å². The first-order chi connectivity index (χ1) is 20.5. The van der Waals surface area contributed by atoms with Crippen molar-refractivity contribution in [2.45, 2.75) is 43.4 Å². The SMILES string of the molecule is CC(C)(C#Cc1ccc(NC(=O)CSc2nnnn2-c2ccc(C3CC3)cc2Cl)c(Cl)c1)OCCN1CCS(=O)(=O)CC1. The van der Waals surface area contributed by atoms with E-state index in [9.17, 15) is 13.2 Å². The van der Waals surface area contributed by atoms with E-state index in [1.807, 2.05) is 32.0 Å². The summed E-state index contributed by atoms with van der Waals surface area (Å²) in [5, 5.41) is 16.0. The molecule has 1 aliphatic carbocycles. The lowest BCUT2D eigenvalue weighted by Gasteiger charge is -2.28. The molecule has 1 amide bonds. The molecule has 1 N–H and O–H groups in total. The van der Waals surface area contributed by atoms with Gasteiger partial charge in [0.2, 0.25) is 11.1 Å². The van der Waals surface area contributed by atoms with E-state index < -0.39 is 15.4 Å². The molecule has 43 heavy (non-hydrogen) atoms. The second-order valence-corrected chi connectivity index (χ2v) is 15.1. The molecule has 0 spiro atoms. The molecular formula is C29H32Cl2N6O4S2. The summed E-state index contributed by atoms with van der Waals surface area (Å²) in [5.74, 6) is 6.96. The van der Waals surface area contributed by atoms with Crippen LogP contribution in [-0.2, 0) is 19.4 Å². The fourth-order valence-electron chi connectivity index (χ4n) is 4.46. The van der Waals surface area contributed by atoms with Crippen LogP contribution < -0.4 is 5.32 Å². The van der Waals surface area contributed by atoms with Crippen molar-refractivity contribution in [3.63, 3.8) is 0 Å². The Kier molecular flexibility index (Phi) is 10.0. The van der Waals surface area contributed by atoms with Gasteiger partial charge in [-0.15, -0.1) is 5.10 Å². The van der Waals surface area contributed by atoms with Gasteiger partial charge in [-0.25, -0.2) is 8.42 Å². The van der Waals surface area contributed by atoms with Gasteiger partial charge in [0.25, 0.3) is 0 Å². The molecule has 0 atom stereocenters. The molecule has 1 saturated heterocycles. The molecule has 228 valence electrons. The summed E-state index contributed by atoms with van der Waals surface area (Å²) >= 11 is 14.2. The predicted molar refractivity (Wildman–Crippen MR) is 169 cm³/mol. The Morgan fingerprint density at radius 2 is 1.91 bits per heavy atom. The Morgan fingerprint density at radius 3 is 2.60 bits per heavy atom. The van der Waals surface area contributed by atoms with Crippen LogP contribution in [0, 0.1) is 11.8 Å². The molecule has 2 aromatic carbocycles. The number of thioether (sulfide) groups is 1. The third-order valence-corrected chi connectivity index (χ3v) is 10.2. The Morgan fingerprint density at radius 1 is 1.14 bits per heavy atom. The topological polar surface area (TPSA) is 119 Å². The van der Waals surface area contributed by atoms with Crippen molar-refractivity contribution in [2.24, 2.45) is 0 Å². The number of aromatic nitrogens is 4. The van der Waals surface area contributed by atoms with Gasteiger partial charge < -0.3 is 10.1 Å². The van der Waals surface area contributed by atoms with Crippen molar-refractivity contribution in [2.75, 3.05) is 48.8 Å².